The molecule has 0 aromatic heterocycles. The Morgan fingerprint density at radius 1 is 1.23 bits per heavy atom. The van der Waals surface area contributed by atoms with E-state index in [4.69, 9.17) is 4.74 Å². The van der Waals surface area contributed by atoms with E-state index in [9.17, 15) is 18.3 Å². The molecule has 1 aliphatic heterocycles. The number of nitrogens with one attached hydrogen (secondary N) is 2. The zero-order chi connectivity index (χ0) is 15.9. The minimum absolute atomic E-state index is 0.146. The van der Waals surface area contributed by atoms with Crippen molar-refractivity contribution in [3.05, 3.63) is 42.0 Å². The lowest BCUT2D eigenvalue weighted by molar-refractivity contribution is 0.0697. The molecule has 0 spiro atoms. The van der Waals surface area contributed by atoms with Crippen molar-refractivity contribution in [2.75, 3.05) is 12.4 Å². The summed E-state index contributed by atoms with van der Waals surface area (Å²) in [4.78, 5) is 11.3. The summed E-state index contributed by atoms with van der Waals surface area (Å²) < 4.78 is 31.6. The molecule has 0 fully saturated rings. The Morgan fingerprint density at radius 2 is 1.95 bits per heavy atom. The fourth-order valence-corrected chi connectivity index (χ4v) is 2.92. The van der Waals surface area contributed by atoms with Crippen LogP contribution in [0.15, 0.2) is 41.3 Å². The van der Waals surface area contributed by atoms with Gasteiger partial charge in [0.15, 0.2) is 11.5 Å². The molecule has 8 heteroatoms. The molecule has 0 saturated carbocycles. The van der Waals surface area contributed by atoms with Gasteiger partial charge < -0.3 is 15.2 Å². The number of ether oxygens (including phenoxy) is 1. The summed E-state index contributed by atoms with van der Waals surface area (Å²) in [5.41, 5.74) is 0.656. The normalized spacial score (nSPS) is 12.6. The van der Waals surface area contributed by atoms with Crippen molar-refractivity contribution in [3.63, 3.8) is 0 Å². The lowest BCUT2D eigenvalue weighted by Crippen LogP contribution is -2.20. The standard InChI is InChI=1S/C14H12N2O5S/c1-15-22(19,20)8-6-9(14(17)18)13-12(7-8)21-11-5-3-2-4-10(11)16-13/h2-7,15-16H,1H3,(H,17,18). The number of rotatable bonds is 3. The van der Waals surface area contributed by atoms with Gasteiger partial charge in [-0.05, 0) is 25.2 Å². The fraction of sp³-hybridized carbons (Fsp3) is 0.0714. The maximum Gasteiger partial charge on any atom is 0.338 e. The van der Waals surface area contributed by atoms with Crippen LogP contribution in [-0.2, 0) is 10.0 Å². The fourth-order valence-electron chi connectivity index (χ4n) is 2.15. The highest BCUT2D eigenvalue weighted by molar-refractivity contribution is 7.89. The van der Waals surface area contributed by atoms with E-state index in [2.05, 4.69) is 10.0 Å². The third-order valence-corrected chi connectivity index (χ3v) is 4.65. The number of fused-ring (bicyclic) bond motifs is 2. The van der Waals surface area contributed by atoms with Gasteiger partial charge >= 0.3 is 5.97 Å². The Bertz CT molecular complexity index is 877. The highest BCUT2D eigenvalue weighted by Crippen LogP contribution is 2.44. The van der Waals surface area contributed by atoms with Crippen LogP contribution in [0.4, 0.5) is 11.4 Å². The number of aromatic carboxylic acids is 1. The van der Waals surface area contributed by atoms with Crippen LogP contribution in [-0.4, -0.2) is 26.5 Å². The number of anilines is 2. The zero-order valence-corrected chi connectivity index (χ0v) is 12.3. The molecule has 1 aliphatic rings. The summed E-state index contributed by atoms with van der Waals surface area (Å²) in [7, 11) is -2.53. The molecule has 0 saturated heterocycles. The van der Waals surface area contributed by atoms with Crippen molar-refractivity contribution in [2.45, 2.75) is 4.90 Å². The van der Waals surface area contributed by atoms with Gasteiger partial charge in [-0.15, -0.1) is 0 Å². The minimum atomic E-state index is -3.79. The second kappa shape index (κ2) is 5.00. The number of carboxylic acids is 1. The van der Waals surface area contributed by atoms with Crippen LogP contribution in [0, 0.1) is 0 Å². The van der Waals surface area contributed by atoms with Crippen molar-refractivity contribution in [2.24, 2.45) is 0 Å². The highest BCUT2D eigenvalue weighted by Gasteiger charge is 2.26. The molecule has 0 bridgehead atoms. The van der Waals surface area contributed by atoms with Crippen LogP contribution in [0.1, 0.15) is 10.4 Å². The van der Waals surface area contributed by atoms with Gasteiger partial charge in [-0.2, -0.15) is 0 Å². The summed E-state index contributed by atoms with van der Waals surface area (Å²) in [6.45, 7) is 0. The van der Waals surface area contributed by atoms with E-state index >= 15 is 0 Å². The molecule has 22 heavy (non-hydrogen) atoms. The number of sulfonamides is 1. The molecular formula is C14H12N2O5S. The first-order chi connectivity index (χ1) is 10.4. The number of carboxylic acid groups (broad SMARTS) is 1. The summed E-state index contributed by atoms with van der Waals surface area (Å²) in [5, 5.41) is 12.3. The van der Waals surface area contributed by atoms with E-state index in [1.165, 1.54) is 13.1 Å². The Hall–Kier alpha value is -2.58. The van der Waals surface area contributed by atoms with Gasteiger partial charge in [0.2, 0.25) is 10.0 Å². The van der Waals surface area contributed by atoms with E-state index in [1.807, 2.05) is 0 Å². The van der Waals surface area contributed by atoms with E-state index in [0.717, 1.165) is 6.07 Å². The number of hydrogen-bond acceptors (Lipinski definition) is 5. The molecule has 2 aromatic carbocycles. The number of hydrogen-bond donors (Lipinski definition) is 3. The van der Waals surface area contributed by atoms with Gasteiger partial charge in [0.05, 0.1) is 21.8 Å². The average molecular weight is 320 g/mol. The topological polar surface area (TPSA) is 105 Å². The SMILES string of the molecule is CNS(=O)(=O)c1cc2c(c(C(=O)O)c1)Nc1ccccc1O2. The van der Waals surface area contributed by atoms with Crippen LogP contribution in [0.25, 0.3) is 0 Å². The first-order valence-corrected chi connectivity index (χ1v) is 7.79. The molecular weight excluding hydrogens is 308 g/mol. The first kappa shape index (κ1) is 14.4. The lowest BCUT2D eigenvalue weighted by atomic mass is 10.1. The third-order valence-electron chi connectivity index (χ3n) is 3.25. The summed E-state index contributed by atoms with van der Waals surface area (Å²) in [6, 6.07) is 9.36. The Morgan fingerprint density at radius 3 is 2.64 bits per heavy atom. The maximum atomic E-state index is 11.9. The number of carbonyl (C=O) groups is 1. The summed E-state index contributed by atoms with van der Waals surface area (Å²) >= 11 is 0. The van der Waals surface area contributed by atoms with Crippen LogP contribution in [0.5, 0.6) is 11.5 Å². The maximum absolute atomic E-state index is 11.9. The van der Waals surface area contributed by atoms with Crippen molar-refractivity contribution < 1.29 is 23.1 Å². The van der Waals surface area contributed by atoms with Crippen LogP contribution >= 0.6 is 0 Å². The quantitative estimate of drug-likeness (QED) is 0.683. The molecule has 3 rings (SSSR count). The molecule has 0 atom stereocenters. The van der Waals surface area contributed by atoms with E-state index in [0.29, 0.717) is 11.4 Å². The Kier molecular flexibility index (Phi) is 3.27. The van der Waals surface area contributed by atoms with Crippen LogP contribution < -0.4 is 14.8 Å². The molecule has 1 heterocycles. The van der Waals surface area contributed by atoms with Crippen molar-refractivity contribution in [1.29, 1.82) is 0 Å². The largest absolute Gasteiger partial charge is 0.478 e. The van der Waals surface area contributed by atoms with Gasteiger partial charge in [0.1, 0.15) is 0 Å². The summed E-state index contributed by atoms with van der Waals surface area (Å²) in [6.07, 6.45) is 0. The third kappa shape index (κ3) is 2.28. The van der Waals surface area contributed by atoms with Crippen LogP contribution in [0.2, 0.25) is 0 Å². The van der Waals surface area contributed by atoms with Gasteiger partial charge in [-0.3, -0.25) is 0 Å². The Balaban J connectivity index is 2.22. The van der Waals surface area contributed by atoms with Gasteiger partial charge in [0.25, 0.3) is 0 Å². The van der Waals surface area contributed by atoms with E-state index < -0.39 is 16.0 Å². The van der Waals surface area contributed by atoms with Crippen molar-refractivity contribution >= 4 is 27.4 Å². The number of para-hydroxylation sites is 2. The molecule has 0 amide bonds. The molecule has 3 N–H and O–H groups in total. The van der Waals surface area contributed by atoms with E-state index in [-0.39, 0.29) is 21.9 Å². The first-order valence-electron chi connectivity index (χ1n) is 6.31. The lowest BCUT2D eigenvalue weighted by Gasteiger charge is -2.23. The van der Waals surface area contributed by atoms with Crippen molar-refractivity contribution in [1.82, 2.24) is 4.72 Å². The molecule has 2 aromatic rings. The molecule has 114 valence electrons. The highest BCUT2D eigenvalue weighted by atomic mass is 32.2. The second-order valence-electron chi connectivity index (χ2n) is 4.58. The second-order valence-corrected chi connectivity index (χ2v) is 6.47. The Labute approximate surface area is 126 Å². The predicted molar refractivity (Wildman–Crippen MR) is 79.4 cm³/mol. The van der Waals surface area contributed by atoms with Gasteiger partial charge in [0, 0.05) is 6.07 Å². The molecule has 0 radical (unpaired) electrons. The average Bonchev–Trinajstić information content (AvgIpc) is 2.51. The van der Waals surface area contributed by atoms with Gasteiger partial charge in [-0.1, -0.05) is 12.1 Å². The smallest absolute Gasteiger partial charge is 0.338 e. The predicted octanol–water partition coefficient (Wildman–Crippen LogP) is 2.14. The minimum Gasteiger partial charge on any atom is -0.478 e. The summed E-state index contributed by atoms with van der Waals surface area (Å²) in [5.74, 6) is -0.613. The monoisotopic (exact) mass is 320 g/mol. The molecule has 0 aliphatic carbocycles. The van der Waals surface area contributed by atoms with E-state index in [1.54, 1.807) is 24.3 Å². The molecule has 0 unspecified atom stereocenters. The number of benzene rings is 2. The van der Waals surface area contributed by atoms with Crippen LogP contribution in [0.3, 0.4) is 0 Å². The zero-order valence-electron chi connectivity index (χ0n) is 11.5. The van der Waals surface area contributed by atoms with Crippen molar-refractivity contribution in [3.8, 4) is 11.5 Å². The van der Waals surface area contributed by atoms with Gasteiger partial charge in [-0.25, -0.2) is 17.9 Å². The molecule has 7 nitrogen and oxygen atoms in total.